The van der Waals surface area contributed by atoms with Crippen LogP contribution in [-0.2, 0) is 11.8 Å². The molecule has 0 aliphatic carbocycles. The fourth-order valence-corrected chi connectivity index (χ4v) is 2.91. The third kappa shape index (κ3) is 4.30. The number of urea groups is 1. The van der Waals surface area contributed by atoms with Crippen molar-refractivity contribution in [3.63, 3.8) is 0 Å². The predicted molar refractivity (Wildman–Crippen MR) is 93.5 cm³/mol. The summed E-state index contributed by atoms with van der Waals surface area (Å²) < 4.78 is 12.4. The number of methoxy groups -OCH3 is 1. The zero-order valence-corrected chi connectivity index (χ0v) is 14.6. The van der Waals surface area contributed by atoms with Crippen molar-refractivity contribution in [1.29, 1.82) is 0 Å². The van der Waals surface area contributed by atoms with Crippen LogP contribution in [-0.4, -0.2) is 42.5 Å². The van der Waals surface area contributed by atoms with Crippen LogP contribution < -0.4 is 15.4 Å². The number of nitrogens with one attached hydrogen (secondary N) is 2. The van der Waals surface area contributed by atoms with Crippen LogP contribution in [0.5, 0.6) is 5.75 Å². The molecule has 2 unspecified atom stereocenters. The molecule has 0 bridgehead atoms. The number of carbonyl (C=O) groups excluding carboxylic acids is 1. The number of imidazole rings is 1. The van der Waals surface area contributed by atoms with Gasteiger partial charge in [0.25, 0.3) is 0 Å². The second kappa shape index (κ2) is 8.02. The Balaban J connectivity index is 1.71. The number of amides is 2. The maximum atomic E-state index is 12.4. The highest BCUT2D eigenvalue weighted by Crippen LogP contribution is 2.23. The lowest BCUT2D eigenvalue weighted by Crippen LogP contribution is -2.41. The zero-order chi connectivity index (χ0) is 17.6. The second-order valence-electron chi connectivity index (χ2n) is 6.19. The Bertz CT molecular complexity index is 693. The summed E-state index contributed by atoms with van der Waals surface area (Å²) in [5.41, 5.74) is 0.939. The number of carbonyl (C=O) groups is 1. The van der Waals surface area contributed by atoms with E-state index in [0.29, 0.717) is 19.1 Å². The van der Waals surface area contributed by atoms with E-state index >= 15 is 0 Å². The average Bonchev–Trinajstić information content (AvgIpc) is 3.30. The van der Waals surface area contributed by atoms with E-state index in [1.54, 1.807) is 13.3 Å². The summed E-state index contributed by atoms with van der Waals surface area (Å²) in [6.45, 7) is 2.10. The van der Waals surface area contributed by atoms with Crippen LogP contribution in [0.1, 0.15) is 23.9 Å². The molecular weight excluding hydrogens is 320 g/mol. The van der Waals surface area contributed by atoms with Gasteiger partial charge >= 0.3 is 6.03 Å². The highest BCUT2D eigenvalue weighted by atomic mass is 16.5. The quantitative estimate of drug-likeness (QED) is 0.838. The molecule has 1 aromatic carbocycles. The van der Waals surface area contributed by atoms with Crippen LogP contribution in [0.25, 0.3) is 0 Å². The fraction of sp³-hybridized carbons (Fsp3) is 0.444. The van der Waals surface area contributed by atoms with Crippen LogP contribution in [0.2, 0.25) is 0 Å². The Morgan fingerprint density at radius 3 is 2.84 bits per heavy atom. The van der Waals surface area contributed by atoms with Gasteiger partial charge in [-0.05, 0) is 24.1 Å². The average molecular weight is 344 g/mol. The number of hydrogen-bond acceptors (Lipinski definition) is 4. The minimum Gasteiger partial charge on any atom is -0.497 e. The maximum absolute atomic E-state index is 12.4. The Labute approximate surface area is 147 Å². The number of nitrogens with zero attached hydrogens (tertiary/aromatic N) is 2. The molecule has 2 heterocycles. The van der Waals surface area contributed by atoms with Gasteiger partial charge in [-0.3, -0.25) is 0 Å². The third-order valence-electron chi connectivity index (χ3n) is 4.42. The first-order chi connectivity index (χ1) is 12.2. The van der Waals surface area contributed by atoms with Crippen LogP contribution in [0.3, 0.4) is 0 Å². The smallest absolute Gasteiger partial charge is 0.315 e. The fourth-order valence-electron chi connectivity index (χ4n) is 2.91. The Kier molecular flexibility index (Phi) is 5.55. The van der Waals surface area contributed by atoms with Gasteiger partial charge in [0.2, 0.25) is 0 Å². The van der Waals surface area contributed by atoms with Gasteiger partial charge in [0, 0.05) is 38.5 Å². The molecule has 1 saturated heterocycles. The molecule has 0 saturated carbocycles. The van der Waals surface area contributed by atoms with E-state index < -0.39 is 0 Å². The Morgan fingerprint density at radius 1 is 1.44 bits per heavy atom. The van der Waals surface area contributed by atoms with Gasteiger partial charge < -0.3 is 24.7 Å². The molecule has 25 heavy (non-hydrogen) atoms. The van der Waals surface area contributed by atoms with E-state index in [1.165, 1.54) is 0 Å². The highest BCUT2D eigenvalue weighted by molar-refractivity contribution is 5.74. The molecule has 134 valence electrons. The first-order valence-electron chi connectivity index (χ1n) is 8.40. The van der Waals surface area contributed by atoms with Gasteiger partial charge in [-0.1, -0.05) is 12.1 Å². The van der Waals surface area contributed by atoms with Crippen molar-refractivity contribution in [3.05, 3.63) is 48.0 Å². The number of ether oxygens (including phenoxy) is 2. The number of aryl methyl sites for hydroxylation is 1. The number of benzene rings is 1. The topological polar surface area (TPSA) is 77.4 Å². The Morgan fingerprint density at radius 2 is 2.24 bits per heavy atom. The molecule has 7 heteroatoms. The van der Waals surface area contributed by atoms with Gasteiger partial charge in [0.1, 0.15) is 17.6 Å². The van der Waals surface area contributed by atoms with E-state index in [9.17, 15) is 4.79 Å². The minimum atomic E-state index is -0.342. The standard InChI is InChI=1S/C18H24N4O3/c1-22-9-8-19-17(22)16(14-3-5-15(24-2)6-4-14)21-18(23)20-11-13-7-10-25-12-13/h3-6,8-9,13,16H,7,10-12H2,1-2H3,(H2,20,21,23). The highest BCUT2D eigenvalue weighted by Gasteiger charge is 2.22. The van der Waals surface area contributed by atoms with E-state index in [1.807, 2.05) is 42.1 Å². The predicted octanol–water partition coefficient (Wildman–Crippen LogP) is 1.85. The lowest BCUT2D eigenvalue weighted by molar-refractivity contribution is 0.185. The van der Waals surface area contributed by atoms with Gasteiger partial charge in [-0.25, -0.2) is 9.78 Å². The third-order valence-corrected chi connectivity index (χ3v) is 4.42. The maximum Gasteiger partial charge on any atom is 0.315 e. The first-order valence-corrected chi connectivity index (χ1v) is 8.40. The van der Waals surface area contributed by atoms with E-state index in [2.05, 4.69) is 15.6 Å². The summed E-state index contributed by atoms with van der Waals surface area (Å²) in [7, 11) is 3.54. The number of hydrogen-bond donors (Lipinski definition) is 2. The van der Waals surface area contributed by atoms with Crippen molar-refractivity contribution >= 4 is 6.03 Å². The molecule has 1 aliphatic rings. The zero-order valence-electron chi connectivity index (χ0n) is 14.6. The summed E-state index contributed by atoms with van der Waals surface area (Å²) in [6, 6.07) is 7.06. The molecule has 1 aromatic heterocycles. The van der Waals surface area contributed by atoms with Crippen molar-refractivity contribution in [3.8, 4) is 5.75 Å². The lowest BCUT2D eigenvalue weighted by Gasteiger charge is -2.20. The number of rotatable bonds is 6. The number of aromatic nitrogens is 2. The SMILES string of the molecule is COc1ccc(C(NC(=O)NCC2CCOC2)c2nccn2C)cc1. The van der Waals surface area contributed by atoms with Gasteiger partial charge in [-0.2, -0.15) is 0 Å². The molecule has 2 aromatic rings. The molecular formula is C18H24N4O3. The van der Waals surface area contributed by atoms with Crippen LogP contribution in [0.15, 0.2) is 36.7 Å². The van der Waals surface area contributed by atoms with Crippen LogP contribution >= 0.6 is 0 Å². The second-order valence-corrected chi connectivity index (χ2v) is 6.19. The Hall–Kier alpha value is -2.54. The van der Waals surface area contributed by atoms with Gasteiger partial charge in [0.05, 0.1) is 13.7 Å². The van der Waals surface area contributed by atoms with Crippen molar-refractivity contribution in [2.75, 3.05) is 26.9 Å². The summed E-state index contributed by atoms with van der Waals surface area (Å²) in [5, 5.41) is 5.96. The molecule has 7 nitrogen and oxygen atoms in total. The summed E-state index contributed by atoms with van der Waals surface area (Å²) in [4.78, 5) is 16.8. The molecule has 1 fully saturated rings. The van der Waals surface area contributed by atoms with E-state index in [0.717, 1.165) is 30.2 Å². The van der Waals surface area contributed by atoms with Crippen molar-refractivity contribution in [2.24, 2.45) is 13.0 Å². The molecule has 1 aliphatic heterocycles. The van der Waals surface area contributed by atoms with Crippen LogP contribution in [0, 0.1) is 5.92 Å². The van der Waals surface area contributed by atoms with E-state index in [4.69, 9.17) is 9.47 Å². The first kappa shape index (κ1) is 17.3. The molecule has 2 amide bonds. The summed E-state index contributed by atoms with van der Waals surface area (Å²) >= 11 is 0. The lowest BCUT2D eigenvalue weighted by atomic mass is 10.1. The van der Waals surface area contributed by atoms with Crippen molar-refractivity contribution in [1.82, 2.24) is 20.2 Å². The largest absolute Gasteiger partial charge is 0.497 e. The molecule has 0 spiro atoms. The normalized spacial score (nSPS) is 17.9. The molecule has 2 atom stereocenters. The van der Waals surface area contributed by atoms with Crippen molar-refractivity contribution in [2.45, 2.75) is 12.5 Å². The van der Waals surface area contributed by atoms with Crippen LogP contribution in [0.4, 0.5) is 4.79 Å². The molecule has 3 rings (SSSR count). The summed E-state index contributed by atoms with van der Waals surface area (Å²) in [6.07, 6.45) is 4.57. The minimum absolute atomic E-state index is 0.212. The summed E-state index contributed by atoms with van der Waals surface area (Å²) in [5.74, 6) is 1.93. The van der Waals surface area contributed by atoms with Gasteiger partial charge in [0.15, 0.2) is 0 Å². The molecule has 0 radical (unpaired) electrons. The van der Waals surface area contributed by atoms with E-state index in [-0.39, 0.29) is 12.1 Å². The van der Waals surface area contributed by atoms with Gasteiger partial charge in [-0.15, -0.1) is 0 Å². The monoisotopic (exact) mass is 344 g/mol. The molecule has 2 N–H and O–H groups in total. The van der Waals surface area contributed by atoms with Crippen molar-refractivity contribution < 1.29 is 14.3 Å².